The summed E-state index contributed by atoms with van der Waals surface area (Å²) in [7, 11) is -2.21. The van der Waals surface area contributed by atoms with Crippen molar-refractivity contribution in [2.75, 3.05) is 20.2 Å². The first-order chi connectivity index (χ1) is 9.43. The van der Waals surface area contributed by atoms with Crippen molar-refractivity contribution in [1.29, 1.82) is 0 Å². The molecular weight excluding hydrogens is 302 g/mol. The fourth-order valence-corrected chi connectivity index (χ4v) is 4.97. The van der Waals surface area contributed by atoms with Crippen LogP contribution >= 0.6 is 11.6 Å². The van der Waals surface area contributed by atoms with E-state index in [0.29, 0.717) is 24.5 Å². The zero-order valence-corrected chi connectivity index (χ0v) is 12.6. The number of rotatable bonds is 3. The van der Waals surface area contributed by atoms with Crippen molar-refractivity contribution in [3.63, 3.8) is 0 Å². The Kier molecular flexibility index (Phi) is 3.44. The SMILES string of the molecule is COc1ccc(Cl)cc1S(=O)(=O)N1C[C@H]2C[C@H](O)[C@H]2C1. The van der Waals surface area contributed by atoms with E-state index in [1.54, 1.807) is 12.1 Å². The zero-order valence-electron chi connectivity index (χ0n) is 11.0. The number of hydrogen-bond donors (Lipinski definition) is 1. The van der Waals surface area contributed by atoms with E-state index in [0.717, 1.165) is 0 Å². The fraction of sp³-hybridized carbons (Fsp3) is 0.538. The van der Waals surface area contributed by atoms with E-state index in [9.17, 15) is 13.5 Å². The number of nitrogens with zero attached hydrogens (tertiary/aromatic N) is 1. The maximum Gasteiger partial charge on any atom is 0.246 e. The minimum Gasteiger partial charge on any atom is -0.495 e. The van der Waals surface area contributed by atoms with Crippen molar-refractivity contribution in [3.05, 3.63) is 23.2 Å². The molecule has 3 rings (SSSR count). The number of hydrogen-bond acceptors (Lipinski definition) is 4. The molecule has 110 valence electrons. The highest BCUT2D eigenvalue weighted by Crippen LogP contribution is 2.43. The van der Waals surface area contributed by atoms with Crippen molar-refractivity contribution < 1.29 is 18.3 Å². The molecule has 20 heavy (non-hydrogen) atoms. The van der Waals surface area contributed by atoms with Gasteiger partial charge in [0.2, 0.25) is 10.0 Å². The van der Waals surface area contributed by atoms with E-state index >= 15 is 0 Å². The normalized spacial score (nSPS) is 29.9. The van der Waals surface area contributed by atoms with Crippen LogP contribution < -0.4 is 4.74 Å². The lowest BCUT2D eigenvalue weighted by Gasteiger charge is -2.34. The van der Waals surface area contributed by atoms with Crippen LogP contribution in [0, 0.1) is 11.8 Å². The number of aliphatic hydroxyl groups is 1. The minimum atomic E-state index is -3.64. The third kappa shape index (κ3) is 2.11. The number of fused-ring (bicyclic) bond motifs is 1. The van der Waals surface area contributed by atoms with Crippen molar-refractivity contribution in [2.24, 2.45) is 11.8 Å². The van der Waals surface area contributed by atoms with E-state index in [1.165, 1.54) is 17.5 Å². The molecule has 1 saturated carbocycles. The smallest absolute Gasteiger partial charge is 0.246 e. The van der Waals surface area contributed by atoms with Crippen LogP contribution in [0.1, 0.15) is 6.42 Å². The second kappa shape index (κ2) is 4.87. The molecule has 1 heterocycles. The summed E-state index contributed by atoms with van der Waals surface area (Å²) in [4.78, 5) is 0.0864. The third-order valence-corrected chi connectivity index (χ3v) is 6.33. The number of ether oxygens (including phenoxy) is 1. The maximum absolute atomic E-state index is 12.7. The first kappa shape index (κ1) is 14.1. The van der Waals surface area contributed by atoms with Gasteiger partial charge in [0.1, 0.15) is 10.6 Å². The summed E-state index contributed by atoms with van der Waals surface area (Å²) in [5.41, 5.74) is 0. The molecule has 1 N–H and O–H groups in total. The van der Waals surface area contributed by atoms with Gasteiger partial charge in [-0.1, -0.05) is 11.6 Å². The molecule has 0 radical (unpaired) electrons. The van der Waals surface area contributed by atoms with Gasteiger partial charge in [0, 0.05) is 24.0 Å². The van der Waals surface area contributed by atoms with Crippen LogP contribution in [0.3, 0.4) is 0 Å². The van der Waals surface area contributed by atoms with E-state index in [-0.39, 0.29) is 28.6 Å². The second-order valence-corrected chi connectivity index (χ2v) is 7.69. The Morgan fingerprint density at radius 3 is 2.75 bits per heavy atom. The van der Waals surface area contributed by atoms with Crippen molar-refractivity contribution in [1.82, 2.24) is 4.31 Å². The molecule has 0 aromatic heterocycles. The highest BCUT2D eigenvalue weighted by molar-refractivity contribution is 7.89. The lowest BCUT2D eigenvalue weighted by Crippen LogP contribution is -2.39. The van der Waals surface area contributed by atoms with Gasteiger partial charge in [0.05, 0.1) is 13.2 Å². The highest BCUT2D eigenvalue weighted by Gasteiger charge is 2.49. The predicted molar refractivity (Wildman–Crippen MR) is 74.4 cm³/mol. The molecule has 1 aliphatic heterocycles. The minimum absolute atomic E-state index is 0.0648. The fourth-order valence-electron chi connectivity index (χ4n) is 3.02. The van der Waals surface area contributed by atoms with Crippen LogP contribution in [0.25, 0.3) is 0 Å². The molecule has 1 aromatic rings. The standard InChI is InChI=1S/C13H16ClNO4S/c1-19-12-3-2-9(14)5-13(12)20(17,18)15-6-8-4-11(16)10(8)7-15/h2-3,5,8,10-11,16H,4,6-7H2,1H3/t8-,10+,11+/m1/s1. The topological polar surface area (TPSA) is 66.8 Å². The van der Waals surface area contributed by atoms with Crippen LogP contribution in [0.2, 0.25) is 5.02 Å². The highest BCUT2D eigenvalue weighted by atomic mass is 35.5. The van der Waals surface area contributed by atoms with Gasteiger partial charge in [-0.3, -0.25) is 0 Å². The lowest BCUT2D eigenvalue weighted by molar-refractivity contribution is -0.00416. The van der Waals surface area contributed by atoms with Crippen LogP contribution in [-0.2, 0) is 10.0 Å². The first-order valence-corrected chi connectivity index (χ1v) is 8.27. The molecular formula is C13H16ClNO4S. The molecule has 2 aliphatic rings. The number of aliphatic hydroxyl groups excluding tert-OH is 1. The van der Waals surface area contributed by atoms with E-state index in [4.69, 9.17) is 16.3 Å². The summed E-state index contributed by atoms with van der Waals surface area (Å²) in [5.74, 6) is 0.620. The average molecular weight is 318 g/mol. The van der Waals surface area contributed by atoms with Gasteiger partial charge in [-0.2, -0.15) is 4.31 Å². The maximum atomic E-state index is 12.7. The third-order valence-electron chi connectivity index (χ3n) is 4.24. The largest absolute Gasteiger partial charge is 0.495 e. The van der Waals surface area contributed by atoms with Crippen molar-refractivity contribution in [3.8, 4) is 5.75 Å². The quantitative estimate of drug-likeness (QED) is 0.914. The molecule has 0 unspecified atom stereocenters. The molecule has 5 nitrogen and oxygen atoms in total. The van der Waals surface area contributed by atoms with E-state index in [1.807, 2.05) is 0 Å². The van der Waals surface area contributed by atoms with Crippen molar-refractivity contribution in [2.45, 2.75) is 17.4 Å². The Labute approximate surface area is 123 Å². The van der Waals surface area contributed by atoms with Crippen LogP contribution in [0.5, 0.6) is 5.75 Å². The lowest BCUT2D eigenvalue weighted by atomic mass is 9.74. The predicted octanol–water partition coefficient (Wildman–Crippen LogP) is 1.35. The van der Waals surface area contributed by atoms with Gasteiger partial charge in [-0.25, -0.2) is 8.42 Å². The molecule has 7 heteroatoms. The summed E-state index contributed by atoms with van der Waals surface area (Å²) < 4.78 is 31.9. The monoisotopic (exact) mass is 317 g/mol. The van der Waals surface area contributed by atoms with Crippen molar-refractivity contribution >= 4 is 21.6 Å². The number of benzene rings is 1. The van der Waals surface area contributed by atoms with Gasteiger partial charge in [0.25, 0.3) is 0 Å². The van der Waals surface area contributed by atoms with Gasteiger partial charge in [-0.15, -0.1) is 0 Å². The molecule has 1 aromatic carbocycles. The molecule has 2 fully saturated rings. The molecule has 0 amide bonds. The summed E-state index contributed by atoms with van der Waals surface area (Å²) in [6.45, 7) is 0.823. The van der Waals surface area contributed by atoms with Gasteiger partial charge < -0.3 is 9.84 Å². The van der Waals surface area contributed by atoms with Crippen LogP contribution in [0.4, 0.5) is 0 Å². The molecule has 3 atom stereocenters. The van der Waals surface area contributed by atoms with E-state index < -0.39 is 10.0 Å². The summed E-state index contributed by atoms with van der Waals surface area (Å²) in [6, 6.07) is 4.55. The Balaban J connectivity index is 1.95. The Morgan fingerprint density at radius 1 is 1.40 bits per heavy atom. The summed E-state index contributed by atoms with van der Waals surface area (Å²) in [5, 5.41) is 10.0. The van der Waals surface area contributed by atoms with Gasteiger partial charge >= 0.3 is 0 Å². The molecule has 1 saturated heterocycles. The zero-order chi connectivity index (χ0) is 14.5. The first-order valence-electron chi connectivity index (χ1n) is 6.45. The number of methoxy groups -OCH3 is 1. The molecule has 1 aliphatic carbocycles. The number of halogens is 1. The summed E-state index contributed by atoms with van der Waals surface area (Å²) >= 11 is 5.90. The Hall–Kier alpha value is -0.820. The average Bonchev–Trinajstić information content (AvgIpc) is 2.76. The second-order valence-electron chi connectivity index (χ2n) is 5.34. The van der Waals surface area contributed by atoms with Gasteiger partial charge in [0.15, 0.2) is 0 Å². The van der Waals surface area contributed by atoms with Crippen LogP contribution in [-0.4, -0.2) is 44.1 Å². The van der Waals surface area contributed by atoms with Gasteiger partial charge in [-0.05, 0) is 30.5 Å². The Bertz CT molecular complexity index is 633. The Morgan fingerprint density at radius 2 is 2.15 bits per heavy atom. The van der Waals surface area contributed by atoms with Crippen LogP contribution in [0.15, 0.2) is 23.1 Å². The molecule has 0 spiro atoms. The summed E-state index contributed by atoms with van der Waals surface area (Å²) in [6.07, 6.45) is 0.310. The van der Waals surface area contributed by atoms with E-state index in [2.05, 4.69) is 0 Å². The number of sulfonamides is 1. The molecule has 0 bridgehead atoms.